The van der Waals surface area contributed by atoms with Gasteiger partial charge in [-0.05, 0) is 37.6 Å². The molecule has 2 aromatic heterocycles. The fraction of sp³-hybridized carbons (Fsp3) is 0.318. The number of nitrogens with zero attached hydrogens (tertiary/aromatic N) is 3. The van der Waals surface area contributed by atoms with E-state index in [1.54, 1.807) is 13.3 Å². The van der Waals surface area contributed by atoms with Crippen molar-refractivity contribution in [2.75, 3.05) is 25.2 Å². The summed E-state index contributed by atoms with van der Waals surface area (Å²) in [5.74, 6) is 1.34. The topological polar surface area (TPSA) is 76.6 Å². The van der Waals surface area contributed by atoms with E-state index >= 15 is 0 Å². The van der Waals surface area contributed by atoms with Crippen molar-refractivity contribution in [3.63, 3.8) is 0 Å². The SMILES string of the molecule is COc1ccc(-c2ccc3c(c2)N(c2nc4c(s2)C(=O)NC(C)(C)C4)CCO3)cn1. The molecule has 0 atom stereocenters. The summed E-state index contributed by atoms with van der Waals surface area (Å²) in [4.78, 5) is 24.5. The number of pyridine rings is 1. The van der Waals surface area contributed by atoms with E-state index in [1.165, 1.54) is 11.3 Å². The highest BCUT2D eigenvalue weighted by atomic mass is 32.1. The summed E-state index contributed by atoms with van der Waals surface area (Å²) in [6, 6.07) is 9.91. The van der Waals surface area contributed by atoms with Crippen LogP contribution < -0.4 is 19.7 Å². The standard InChI is InChI=1S/C22H22N4O3S/c1-22(2)11-15-19(20(27)25-22)30-21(24-15)26-8-9-29-17-6-4-13(10-16(17)26)14-5-7-18(28-3)23-12-14/h4-7,10,12H,8-9,11H2,1-3H3,(H,25,27). The number of aromatic nitrogens is 2. The second-order valence-corrected chi connectivity index (χ2v) is 9.04. The first-order chi connectivity index (χ1) is 14.4. The molecule has 5 rings (SSSR count). The third-order valence-corrected chi connectivity index (χ3v) is 6.40. The average molecular weight is 423 g/mol. The zero-order chi connectivity index (χ0) is 20.9. The lowest BCUT2D eigenvalue weighted by molar-refractivity contribution is 0.0901. The summed E-state index contributed by atoms with van der Waals surface area (Å²) >= 11 is 1.44. The summed E-state index contributed by atoms with van der Waals surface area (Å²) < 4.78 is 11.0. The number of anilines is 2. The zero-order valence-corrected chi connectivity index (χ0v) is 17.9. The minimum atomic E-state index is -0.285. The lowest BCUT2D eigenvalue weighted by atomic mass is 9.94. The molecule has 154 valence electrons. The Hall–Kier alpha value is -3.13. The van der Waals surface area contributed by atoms with Crippen molar-refractivity contribution < 1.29 is 14.3 Å². The van der Waals surface area contributed by atoms with Gasteiger partial charge in [-0.15, -0.1) is 0 Å². The quantitative estimate of drug-likeness (QED) is 0.692. The fourth-order valence-electron chi connectivity index (χ4n) is 3.85. The van der Waals surface area contributed by atoms with Crippen molar-refractivity contribution in [1.29, 1.82) is 0 Å². The van der Waals surface area contributed by atoms with Gasteiger partial charge in [0.15, 0.2) is 5.13 Å². The number of rotatable bonds is 3. The van der Waals surface area contributed by atoms with E-state index in [2.05, 4.69) is 21.3 Å². The van der Waals surface area contributed by atoms with Crippen LogP contribution in [-0.4, -0.2) is 41.7 Å². The number of hydrogen-bond acceptors (Lipinski definition) is 7. The lowest BCUT2D eigenvalue weighted by Gasteiger charge is -2.29. The first-order valence-corrected chi connectivity index (χ1v) is 10.6. The molecule has 4 heterocycles. The molecule has 1 amide bonds. The largest absolute Gasteiger partial charge is 0.490 e. The number of carbonyl (C=O) groups is 1. The van der Waals surface area contributed by atoms with Gasteiger partial charge >= 0.3 is 0 Å². The van der Waals surface area contributed by atoms with Crippen molar-refractivity contribution >= 4 is 28.1 Å². The molecule has 0 fully saturated rings. The Labute approximate surface area is 178 Å². The minimum absolute atomic E-state index is 0.0449. The molecule has 0 bridgehead atoms. The molecule has 0 spiro atoms. The molecule has 7 nitrogen and oxygen atoms in total. The number of carbonyl (C=O) groups excluding carboxylic acids is 1. The summed E-state index contributed by atoms with van der Waals surface area (Å²) in [5.41, 5.74) is 3.54. The molecular weight excluding hydrogens is 400 g/mol. The van der Waals surface area contributed by atoms with Gasteiger partial charge in [-0.1, -0.05) is 17.4 Å². The van der Waals surface area contributed by atoms with E-state index in [-0.39, 0.29) is 11.4 Å². The first kappa shape index (κ1) is 18.9. The van der Waals surface area contributed by atoms with Crippen LogP contribution in [0.2, 0.25) is 0 Å². The van der Waals surface area contributed by atoms with Crippen molar-refractivity contribution in [3.05, 3.63) is 47.1 Å². The Balaban J connectivity index is 1.53. The van der Waals surface area contributed by atoms with Crippen LogP contribution in [0.5, 0.6) is 11.6 Å². The van der Waals surface area contributed by atoms with Gasteiger partial charge in [-0.25, -0.2) is 9.97 Å². The normalized spacial score (nSPS) is 16.9. The van der Waals surface area contributed by atoms with Crippen LogP contribution in [0.3, 0.4) is 0 Å². The van der Waals surface area contributed by atoms with Gasteiger partial charge < -0.3 is 19.7 Å². The number of thiazole rings is 1. The molecule has 2 aliphatic rings. The molecule has 3 aromatic rings. The number of benzene rings is 1. The molecule has 0 unspecified atom stereocenters. The summed E-state index contributed by atoms with van der Waals surface area (Å²) in [6.45, 7) is 5.28. The third-order valence-electron chi connectivity index (χ3n) is 5.29. The van der Waals surface area contributed by atoms with Crippen molar-refractivity contribution in [3.8, 4) is 22.8 Å². The van der Waals surface area contributed by atoms with E-state index in [9.17, 15) is 4.79 Å². The Morgan fingerprint density at radius 1 is 1.23 bits per heavy atom. The monoisotopic (exact) mass is 422 g/mol. The van der Waals surface area contributed by atoms with Crippen LogP contribution in [0.4, 0.5) is 10.8 Å². The van der Waals surface area contributed by atoms with Crippen molar-refractivity contribution in [1.82, 2.24) is 15.3 Å². The molecule has 0 radical (unpaired) electrons. The van der Waals surface area contributed by atoms with Crippen molar-refractivity contribution in [2.45, 2.75) is 25.8 Å². The number of amides is 1. The molecule has 2 aliphatic heterocycles. The van der Waals surface area contributed by atoms with Crippen LogP contribution in [0.25, 0.3) is 11.1 Å². The van der Waals surface area contributed by atoms with Gasteiger partial charge in [0.2, 0.25) is 5.88 Å². The van der Waals surface area contributed by atoms with E-state index in [0.29, 0.717) is 23.9 Å². The lowest BCUT2D eigenvalue weighted by Crippen LogP contribution is -2.48. The van der Waals surface area contributed by atoms with Gasteiger partial charge in [-0.3, -0.25) is 4.79 Å². The predicted molar refractivity (Wildman–Crippen MR) is 116 cm³/mol. The molecule has 0 saturated heterocycles. The summed E-state index contributed by atoms with van der Waals surface area (Å²) in [5, 5.41) is 3.88. The molecule has 0 saturated carbocycles. The van der Waals surface area contributed by atoms with Gasteiger partial charge in [0.1, 0.15) is 17.2 Å². The van der Waals surface area contributed by atoms with Crippen LogP contribution >= 0.6 is 11.3 Å². The second-order valence-electron chi connectivity index (χ2n) is 8.06. The fourth-order valence-corrected chi connectivity index (χ4v) is 4.86. The van der Waals surface area contributed by atoms with E-state index in [0.717, 1.165) is 39.8 Å². The van der Waals surface area contributed by atoms with E-state index in [4.69, 9.17) is 14.5 Å². The first-order valence-electron chi connectivity index (χ1n) is 9.80. The molecule has 30 heavy (non-hydrogen) atoms. The zero-order valence-electron chi connectivity index (χ0n) is 17.1. The smallest absolute Gasteiger partial charge is 0.263 e. The van der Waals surface area contributed by atoms with Crippen LogP contribution in [-0.2, 0) is 6.42 Å². The van der Waals surface area contributed by atoms with Gasteiger partial charge in [0, 0.05) is 29.8 Å². The Morgan fingerprint density at radius 3 is 2.83 bits per heavy atom. The third kappa shape index (κ3) is 3.27. The Bertz CT molecular complexity index is 1120. The van der Waals surface area contributed by atoms with Gasteiger partial charge in [-0.2, -0.15) is 0 Å². The molecule has 8 heteroatoms. The second kappa shape index (κ2) is 6.98. The number of ether oxygens (including phenoxy) is 2. The van der Waals surface area contributed by atoms with E-state index in [1.807, 2.05) is 38.1 Å². The number of nitrogens with one attached hydrogen (secondary N) is 1. The highest BCUT2D eigenvalue weighted by molar-refractivity contribution is 7.17. The van der Waals surface area contributed by atoms with Gasteiger partial charge in [0.25, 0.3) is 5.91 Å². The Morgan fingerprint density at radius 2 is 2.07 bits per heavy atom. The van der Waals surface area contributed by atoms with E-state index < -0.39 is 0 Å². The predicted octanol–water partition coefficient (Wildman–Crippen LogP) is 3.81. The maximum atomic E-state index is 12.5. The average Bonchev–Trinajstić information content (AvgIpc) is 3.16. The minimum Gasteiger partial charge on any atom is -0.490 e. The van der Waals surface area contributed by atoms with Crippen LogP contribution in [0, 0.1) is 0 Å². The molecule has 1 N–H and O–H groups in total. The number of methoxy groups -OCH3 is 1. The molecular formula is C22H22N4O3S. The Kier molecular flexibility index (Phi) is 4.39. The highest BCUT2D eigenvalue weighted by Gasteiger charge is 2.34. The molecule has 0 aliphatic carbocycles. The van der Waals surface area contributed by atoms with Crippen molar-refractivity contribution in [2.24, 2.45) is 0 Å². The molecule has 1 aromatic carbocycles. The van der Waals surface area contributed by atoms with Crippen LogP contribution in [0.1, 0.15) is 29.2 Å². The maximum Gasteiger partial charge on any atom is 0.263 e. The number of hydrogen-bond donors (Lipinski definition) is 1. The summed E-state index contributed by atoms with van der Waals surface area (Å²) in [6.07, 6.45) is 2.52. The summed E-state index contributed by atoms with van der Waals surface area (Å²) in [7, 11) is 1.60. The van der Waals surface area contributed by atoms with Crippen LogP contribution in [0.15, 0.2) is 36.5 Å². The number of fused-ring (bicyclic) bond motifs is 2. The highest BCUT2D eigenvalue weighted by Crippen LogP contribution is 2.42. The van der Waals surface area contributed by atoms with Gasteiger partial charge in [0.05, 0.1) is 25.0 Å². The maximum absolute atomic E-state index is 12.5.